The molecule has 1 N–H and O–H groups in total. The molecule has 0 aliphatic rings. The second kappa shape index (κ2) is 5.49. The summed E-state index contributed by atoms with van der Waals surface area (Å²) < 4.78 is 0. The van der Waals surface area contributed by atoms with Gasteiger partial charge in [-0.15, -0.1) is 10.2 Å². The van der Waals surface area contributed by atoms with Crippen LogP contribution in [0.5, 0.6) is 0 Å². The predicted octanol–water partition coefficient (Wildman–Crippen LogP) is 2.74. The Morgan fingerprint density at radius 1 is 1.11 bits per heavy atom. The first-order valence-corrected chi connectivity index (χ1v) is 6.15. The third kappa shape index (κ3) is 3.29. The molecule has 2 rings (SSSR count). The number of nitrogens with one attached hydrogen (secondary N) is 1. The minimum atomic E-state index is -0.00313. The van der Waals surface area contributed by atoms with Crippen LogP contribution >= 0.6 is 0 Å². The average Bonchev–Trinajstić information content (AvgIpc) is 2.47. The monoisotopic (exact) mass is 252 g/mol. The Morgan fingerprint density at radius 3 is 2.42 bits per heavy atom. The van der Waals surface area contributed by atoms with E-state index in [4.69, 9.17) is 5.26 Å². The number of nitriles is 1. The van der Waals surface area contributed by atoms with Gasteiger partial charge in [-0.25, -0.2) is 0 Å². The molecule has 0 spiro atoms. The normalized spacial score (nSPS) is 10.8. The average molecular weight is 252 g/mol. The third-order valence-corrected chi connectivity index (χ3v) is 3.05. The third-order valence-electron chi connectivity index (χ3n) is 3.05. The summed E-state index contributed by atoms with van der Waals surface area (Å²) in [5, 5.41) is 19.7. The number of anilines is 1. The summed E-state index contributed by atoms with van der Waals surface area (Å²) in [4.78, 5) is 0. The Labute approximate surface area is 113 Å². The number of hydrogen-bond donors (Lipinski definition) is 1. The summed E-state index contributed by atoms with van der Waals surface area (Å²) in [5.41, 5.74) is 1.59. The number of hydrogen-bond acceptors (Lipinski definition) is 4. The maximum absolute atomic E-state index is 8.66. The summed E-state index contributed by atoms with van der Waals surface area (Å²) in [6.07, 6.45) is 0. The first-order valence-electron chi connectivity index (χ1n) is 6.15. The van der Waals surface area contributed by atoms with Gasteiger partial charge in [0.25, 0.3) is 0 Å². The molecule has 4 heteroatoms. The molecule has 0 radical (unpaired) electrons. The Bertz CT molecular complexity index is 567. The zero-order valence-electron chi connectivity index (χ0n) is 11.1. The molecule has 0 atom stereocenters. The van der Waals surface area contributed by atoms with Crippen LogP contribution in [0.1, 0.15) is 25.1 Å². The fraction of sp³-hybridized carbons (Fsp3) is 0.267. The molecule has 2 aromatic rings. The van der Waals surface area contributed by atoms with Crippen molar-refractivity contribution in [1.82, 2.24) is 10.2 Å². The van der Waals surface area contributed by atoms with Crippen molar-refractivity contribution in [2.75, 3.05) is 11.9 Å². The second-order valence-corrected chi connectivity index (χ2v) is 5.02. The molecule has 19 heavy (non-hydrogen) atoms. The van der Waals surface area contributed by atoms with Crippen molar-refractivity contribution < 1.29 is 0 Å². The van der Waals surface area contributed by atoms with Gasteiger partial charge in [-0.3, -0.25) is 0 Å². The van der Waals surface area contributed by atoms with Crippen LogP contribution in [0.4, 0.5) is 5.82 Å². The van der Waals surface area contributed by atoms with Crippen molar-refractivity contribution in [2.24, 2.45) is 0 Å². The van der Waals surface area contributed by atoms with Crippen molar-refractivity contribution in [2.45, 2.75) is 19.3 Å². The highest BCUT2D eigenvalue weighted by Gasteiger charge is 2.20. The second-order valence-electron chi connectivity index (χ2n) is 5.02. The topological polar surface area (TPSA) is 61.6 Å². The molecule has 0 aliphatic heterocycles. The highest BCUT2D eigenvalue weighted by molar-refractivity contribution is 5.37. The smallest absolute Gasteiger partial charge is 0.163 e. The molecular formula is C15H16N4. The van der Waals surface area contributed by atoms with Gasteiger partial charge in [0, 0.05) is 12.0 Å². The van der Waals surface area contributed by atoms with Crippen molar-refractivity contribution in [3.8, 4) is 6.07 Å². The Balaban J connectivity index is 2.03. The van der Waals surface area contributed by atoms with Crippen LogP contribution in [0, 0.1) is 11.3 Å². The number of rotatable bonds is 4. The number of nitrogens with zero attached hydrogens (tertiary/aromatic N) is 3. The molecule has 4 nitrogen and oxygen atoms in total. The van der Waals surface area contributed by atoms with Crippen LogP contribution in [0.15, 0.2) is 42.5 Å². The summed E-state index contributed by atoms with van der Waals surface area (Å²) in [5.74, 6) is 0.683. The Hall–Kier alpha value is -2.41. The van der Waals surface area contributed by atoms with Crippen molar-refractivity contribution >= 4 is 5.82 Å². The molecule has 0 saturated heterocycles. The fourth-order valence-corrected chi connectivity index (χ4v) is 1.79. The van der Waals surface area contributed by atoms with E-state index in [0.29, 0.717) is 11.5 Å². The number of aromatic nitrogens is 2. The summed E-state index contributed by atoms with van der Waals surface area (Å²) >= 11 is 0. The standard InChI is InChI=1S/C15H16N4/c1-15(2,12-6-4-3-5-7-12)11-17-14-9-8-13(10-16)18-19-14/h3-9H,11H2,1-2H3,(H,17,19). The Kier molecular flexibility index (Phi) is 3.76. The minimum Gasteiger partial charge on any atom is -0.368 e. The highest BCUT2D eigenvalue weighted by Crippen LogP contribution is 2.22. The zero-order valence-corrected chi connectivity index (χ0v) is 11.1. The summed E-state index contributed by atoms with van der Waals surface area (Å²) in [6.45, 7) is 5.09. The van der Waals surface area contributed by atoms with Gasteiger partial charge in [0.15, 0.2) is 5.69 Å². The van der Waals surface area contributed by atoms with Crippen LogP contribution in [0.2, 0.25) is 0 Å². The van der Waals surface area contributed by atoms with Crippen molar-refractivity contribution in [3.63, 3.8) is 0 Å². The van der Waals surface area contributed by atoms with E-state index < -0.39 is 0 Å². The Morgan fingerprint density at radius 2 is 1.84 bits per heavy atom. The van der Waals surface area contributed by atoms with Crippen LogP contribution in [-0.4, -0.2) is 16.7 Å². The zero-order chi connectivity index (χ0) is 13.7. The van der Waals surface area contributed by atoms with Gasteiger partial charge in [0.2, 0.25) is 0 Å². The van der Waals surface area contributed by atoms with Crippen LogP contribution in [-0.2, 0) is 5.41 Å². The van der Waals surface area contributed by atoms with Gasteiger partial charge in [-0.1, -0.05) is 44.2 Å². The molecule has 0 saturated carbocycles. The summed E-state index contributed by atoms with van der Waals surface area (Å²) in [6, 6.07) is 15.7. The van der Waals surface area contributed by atoms with Crippen LogP contribution < -0.4 is 5.32 Å². The molecule has 1 aromatic carbocycles. The largest absolute Gasteiger partial charge is 0.368 e. The van der Waals surface area contributed by atoms with E-state index in [1.165, 1.54) is 5.56 Å². The van der Waals surface area contributed by atoms with Crippen molar-refractivity contribution in [3.05, 3.63) is 53.7 Å². The lowest BCUT2D eigenvalue weighted by molar-refractivity contribution is 0.555. The molecule has 1 heterocycles. The van der Waals surface area contributed by atoms with Gasteiger partial charge in [-0.05, 0) is 17.7 Å². The molecule has 0 aliphatic carbocycles. The molecule has 96 valence electrons. The highest BCUT2D eigenvalue weighted by atomic mass is 15.2. The maximum Gasteiger partial charge on any atom is 0.163 e. The van der Waals surface area contributed by atoms with Gasteiger partial charge in [-0.2, -0.15) is 5.26 Å². The van der Waals surface area contributed by atoms with Crippen LogP contribution in [0.3, 0.4) is 0 Å². The molecular weight excluding hydrogens is 236 g/mol. The fourth-order valence-electron chi connectivity index (χ4n) is 1.79. The van der Waals surface area contributed by atoms with E-state index in [9.17, 15) is 0 Å². The molecule has 1 aromatic heterocycles. The van der Waals surface area contributed by atoms with Crippen molar-refractivity contribution in [1.29, 1.82) is 5.26 Å². The molecule has 0 fully saturated rings. The van der Waals surface area contributed by atoms with Gasteiger partial charge in [0.1, 0.15) is 11.9 Å². The van der Waals surface area contributed by atoms with Gasteiger partial charge < -0.3 is 5.32 Å². The predicted molar refractivity (Wildman–Crippen MR) is 74.7 cm³/mol. The molecule has 0 amide bonds. The quantitative estimate of drug-likeness (QED) is 0.908. The van der Waals surface area contributed by atoms with E-state index in [1.807, 2.05) is 24.3 Å². The first-order chi connectivity index (χ1) is 9.12. The lowest BCUT2D eigenvalue weighted by Gasteiger charge is -2.25. The lowest BCUT2D eigenvalue weighted by atomic mass is 9.85. The van der Waals surface area contributed by atoms with E-state index in [1.54, 1.807) is 12.1 Å². The SMILES string of the molecule is CC(C)(CNc1ccc(C#N)nn1)c1ccccc1. The van der Waals surface area contributed by atoms with E-state index in [2.05, 4.69) is 41.5 Å². The van der Waals surface area contributed by atoms with E-state index in [-0.39, 0.29) is 5.41 Å². The molecule has 0 unspecified atom stereocenters. The first kappa shape index (κ1) is 13.0. The van der Waals surface area contributed by atoms with Gasteiger partial charge >= 0.3 is 0 Å². The minimum absolute atomic E-state index is 0.00313. The number of benzene rings is 1. The summed E-state index contributed by atoms with van der Waals surface area (Å²) in [7, 11) is 0. The van der Waals surface area contributed by atoms with Gasteiger partial charge in [0.05, 0.1) is 0 Å². The lowest BCUT2D eigenvalue weighted by Crippen LogP contribution is -2.27. The maximum atomic E-state index is 8.66. The van der Waals surface area contributed by atoms with E-state index in [0.717, 1.165) is 6.54 Å². The van der Waals surface area contributed by atoms with Crippen LogP contribution in [0.25, 0.3) is 0 Å². The molecule has 0 bridgehead atoms. The van der Waals surface area contributed by atoms with E-state index >= 15 is 0 Å².